The van der Waals surface area contributed by atoms with Crippen molar-refractivity contribution < 1.29 is 38.0 Å². The first kappa shape index (κ1) is 51.2. The number of esters is 1. The highest BCUT2D eigenvalue weighted by molar-refractivity contribution is 7.18. The van der Waals surface area contributed by atoms with Gasteiger partial charge in [-0.2, -0.15) is 0 Å². The molecule has 0 bridgehead atoms. The van der Waals surface area contributed by atoms with Crippen LogP contribution in [0, 0.1) is 11.8 Å². The minimum absolute atomic E-state index is 0.152. The first-order chi connectivity index (χ1) is 36.0. The number of hydrogen-bond acceptors (Lipinski definition) is 13. The second-order valence-electron chi connectivity index (χ2n) is 19.7. The molecule has 0 spiro atoms. The second-order valence-corrected chi connectivity index (χ2v) is 23.6. The van der Waals surface area contributed by atoms with Crippen LogP contribution in [0.2, 0.25) is 20.1 Å². The molecule has 4 atom stereocenters. The molecular weight excluding hydrogens is 1060 g/mol. The number of nitrogens with zero attached hydrogens (tertiary/aromatic N) is 4. The predicted octanol–water partition coefficient (Wildman–Crippen LogP) is 16.0. The number of carbonyl (C=O) groups is 2. The van der Waals surface area contributed by atoms with Gasteiger partial charge < -0.3 is 28.4 Å². The monoisotopic (exact) mass is 1110 g/mol. The van der Waals surface area contributed by atoms with Crippen molar-refractivity contribution in [3.05, 3.63) is 137 Å². The van der Waals surface area contributed by atoms with Gasteiger partial charge in [0.2, 0.25) is 0 Å². The number of carboxylic acid groups (broad SMARTS) is 1. The highest BCUT2D eigenvalue weighted by Gasteiger charge is 2.36. The molecule has 4 aliphatic carbocycles. The van der Waals surface area contributed by atoms with Crippen LogP contribution in [-0.2, 0) is 40.3 Å². The summed E-state index contributed by atoms with van der Waals surface area (Å²) in [7, 11) is 0. The average molecular weight is 1110 g/mol. The summed E-state index contributed by atoms with van der Waals surface area (Å²) in [6.45, 7) is 3.03. The molecule has 0 radical (unpaired) electrons. The highest BCUT2D eigenvalue weighted by Crippen LogP contribution is 2.48. The molecule has 384 valence electrons. The fourth-order valence-electron chi connectivity index (χ4n) is 10.3. The zero-order valence-corrected chi connectivity index (χ0v) is 45.1. The molecule has 4 aromatic heterocycles. The van der Waals surface area contributed by atoms with E-state index in [2.05, 4.69) is 10.3 Å². The van der Waals surface area contributed by atoms with Crippen LogP contribution < -0.4 is 0 Å². The van der Waals surface area contributed by atoms with E-state index in [0.717, 1.165) is 130 Å². The summed E-state index contributed by atoms with van der Waals surface area (Å²) in [6, 6.07) is 21.6. The molecule has 8 aromatic rings. The van der Waals surface area contributed by atoms with Gasteiger partial charge in [0.25, 0.3) is 0 Å². The Morgan fingerprint density at radius 2 is 1.07 bits per heavy atom. The molecule has 18 heteroatoms. The van der Waals surface area contributed by atoms with E-state index in [1.54, 1.807) is 46.9 Å². The standard InChI is InChI=1S/C29H28Cl2N2O4S.C27H24Cl2N2O4S/c1-2-35-29(34)18-9-11-23-24(14-18)38-25(32-23)13-16-6-10-19(12-16)36-15-20-27(33-37-28(20)17-7-8-17)26-21(30)4-3-5-22(26)31;28-19-2-1-3-20(29)24(19)25-18(26(35-31-25)15-5-6-15)13-34-17-8-4-14(10-17)11-23-30-21-9-7-16(27(32)33)12-22(21)36-23/h3-5,9,11,14,16-17,19H,2,6-8,10,12-13,15H2,1H3;1-3,7,9,12,14-15,17H,4-6,8,10-11,13H2,(H,32,33)/t16-,19?;14-,17?/m11/s1. The minimum Gasteiger partial charge on any atom is -0.478 e. The molecule has 1 N–H and O–H groups in total. The molecule has 74 heavy (non-hydrogen) atoms. The van der Waals surface area contributed by atoms with E-state index in [1.807, 2.05) is 55.5 Å². The van der Waals surface area contributed by atoms with E-state index in [4.69, 9.17) is 79.6 Å². The van der Waals surface area contributed by atoms with E-state index >= 15 is 0 Å². The van der Waals surface area contributed by atoms with E-state index in [0.29, 0.717) is 97.2 Å². The lowest BCUT2D eigenvalue weighted by molar-refractivity contribution is 0.0422. The summed E-state index contributed by atoms with van der Waals surface area (Å²) in [4.78, 5) is 32.9. The third kappa shape index (κ3) is 11.4. The summed E-state index contributed by atoms with van der Waals surface area (Å²) in [5, 5.41) is 22.3. The van der Waals surface area contributed by atoms with Crippen LogP contribution in [-0.4, -0.2) is 56.1 Å². The number of fused-ring (bicyclic) bond motifs is 2. The number of rotatable bonds is 17. The largest absolute Gasteiger partial charge is 0.478 e. The van der Waals surface area contributed by atoms with Crippen molar-refractivity contribution in [1.29, 1.82) is 0 Å². The number of benzene rings is 4. The van der Waals surface area contributed by atoms with E-state index in [9.17, 15) is 14.7 Å². The number of thiazole rings is 2. The van der Waals surface area contributed by atoms with Crippen LogP contribution in [0.5, 0.6) is 0 Å². The molecule has 4 fully saturated rings. The zero-order valence-electron chi connectivity index (χ0n) is 40.4. The fraction of sp³-hybridized carbons (Fsp3) is 0.393. The lowest BCUT2D eigenvalue weighted by Gasteiger charge is -2.13. The van der Waals surface area contributed by atoms with Gasteiger partial charge in [-0.15, -0.1) is 22.7 Å². The predicted molar refractivity (Wildman–Crippen MR) is 289 cm³/mol. The van der Waals surface area contributed by atoms with Crippen molar-refractivity contribution >= 4 is 101 Å². The van der Waals surface area contributed by atoms with Gasteiger partial charge in [0.05, 0.1) is 93.7 Å². The molecule has 4 saturated carbocycles. The second kappa shape index (κ2) is 22.4. The van der Waals surface area contributed by atoms with Gasteiger partial charge in [-0.1, -0.05) is 68.8 Å². The van der Waals surface area contributed by atoms with Crippen LogP contribution in [0.1, 0.15) is 136 Å². The molecule has 0 amide bonds. The Balaban J connectivity index is 0.000000159. The number of carbonyl (C=O) groups excluding carboxylic acids is 1. The topological polar surface area (TPSA) is 160 Å². The first-order valence-electron chi connectivity index (χ1n) is 25.2. The summed E-state index contributed by atoms with van der Waals surface area (Å²) in [6.07, 6.45) is 12.6. The van der Waals surface area contributed by atoms with Crippen molar-refractivity contribution in [1.82, 2.24) is 20.3 Å². The number of ether oxygens (including phenoxy) is 3. The Morgan fingerprint density at radius 3 is 1.50 bits per heavy atom. The van der Waals surface area contributed by atoms with Crippen LogP contribution >= 0.6 is 69.1 Å². The number of aromatic carboxylic acids is 1. The summed E-state index contributed by atoms with van der Waals surface area (Å²) in [5.41, 5.74) is 7.34. The summed E-state index contributed by atoms with van der Waals surface area (Å²) < 4.78 is 31.5. The minimum atomic E-state index is -0.916. The molecular formula is C56H52Cl4N4O8S2. The van der Waals surface area contributed by atoms with Gasteiger partial charge in [0.15, 0.2) is 0 Å². The molecule has 12 nitrogen and oxygen atoms in total. The van der Waals surface area contributed by atoms with Gasteiger partial charge in [-0.25, -0.2) is 19.6 Å². The van der Waals surface area contributed by atoms with Crippen LogP contribution in [0.15, 0.2) is 81.8 Å². The number of halogens is 4. The maximum atomic E-state index is 12.1. The van der Waals surface area contributed by atoms with Gasteiger partial charge in [-0.3, -0.25) is 0 Å². The normalized spacial score (nSPS) is 19.6. The van der Waals surface area contributed by atoms with E-state index in [-0.39, 0.29) is 18.2 Å². The van der Waals surface area contributed by atoms with Crippen LogP contribution in [0.4, 0.5) is 0 Å². The number of aromatic nitrogens is 4. The highest BCUT2D eigenvalue weighted by atomic mass is 35.5. The van der Waals surface area contributed by atoms with Gasteiger partial charge in [0.1, 0.15) is 22.9 Å². The van der Waals surface area contributed by atoms with Gasteiger partial charge in [-0.05, 0) is 144 Å². The lowest BCUT2D eigenvalue weighted by atomic mass is 10.0. The van der Waals surface area contributed by atoms with Crippen LogP contribution in [0.3, 0.4) is 0 Å². The lowest BCUT2D eigenvalue weighted by Crippen LogP contribution is -2.10. The smallest absolute Gasteiger partial charge is 0.338 e. The van der Waals surface area contributed by atoms with Crippen molar-refractivity contribution in [3.63, 3.8) is 0 Å². The quantitative estimate of drug-likeness (QED) is 0.0861. The molecule has 2 unspecified atom stereocenters. The maximum absolute atomic E-state index is 12.1. The SMILES string of the molecule is CCOC(=O)c1ccc2nc(C[C@@H]3CCC(OCc4c(-c5c(Cl)cccc5Cl)noc4C4CC4)C3)sc2c1.O=C(O)c1ccc2nc(C[C@@H]3CCC(OCc4c(-c5c(Cl)cccc5Cl)noc4C4CC4)C3)sc2c1. The fourth-order valence-corrected chi connectivity index (χ4v) is 13.7. The molecule has 0 aliphatic heterocycles. The summed E-state index contributed by atoms with van der Waals surface area (Å²) >= 11 is 29.2. The maximum Gasteiger partial charge on any atom is 0.338 e. The Morgan fingerprint density at radius 1 is 0.622 bits per heavy atom. The summed E-state index contributed by atoms with van der Waals surface area (Å²) in [5.74, 6) is 2.37. The molecule has 4 aromatic carbocycles. The Labute approximate surface area is 455 Å². The molecule has 0 saturated heterocycles. The first-order valence-corrected chi connectivity index (χ1v) is 28.4. The number of carboxylic acids is 1. The van der Waals surface area contributed by atoms with Crippen molar-refractivity contribution in [2.24, 2.45) is 11.8 Å². The Hall–Kier alpha value is -4.90. The van der Waals surface area contributed by atoms with Crippen LogP contribution in [0.25, 0.3) is 42.9 Å². The Bertz CT molecular complexity index is 3320. The molecule has 4 aliphatic rings. The average Bonchev–Trinajstić information content (AvgIpc) is 3.97. The zero-order chi connectivity index (χ0) is 51.0. The van der Waals surface area contributed by atoms with Gasteiger partial charge in [0, 0.05) is 46.9 Å². The van der Waals surface area contributed by atoms with Crippen molar-refractivity contribution in [2.75, 3.05) is 6.61 Å². The third-order valence-electron chi connectivity index (χ3n) is 14.4. The molecule has 4 heterocycles. The molecule has 12 rings (SSSR count). The third-order valence-corrected chi connectivity index (χ3v) is 17.7. The van der Waals surface area contributed by atoms with Crippen molar-refractivity contribution in [2.45, 2.75) is 121 Å². The van der Waals surface area contributed by atoms with E-state index in [1.165, 1.54) is 0 Å². The Kier molecular flexibility index (Phi) is 15.5. The van der Waals surface area contributed by atoms with E-state index < -0.39 is 5.97 Å². The van der Waals surface area contributed by atoms with Gasteiger partial charge >= 0.3 is 11.9 Å². The van der Waals surface area contributed by atoms with Crippen molar-refractivity contribution in [3.8, 4) is 22.5 Å². The number of hydrogen-bond donors (Lipinski definition) is 1.